The first-order valence-corrected chi connectivity index (χ1v) is 5.55. The molecule has 0 N–H and O–H groups in total. The summed E-state index contributed by atoms with van der Waals surface area (Å²) in [6.07, 6.45) is 0.858. The van der Waals surface area contributed by atoms with Crippen LogP contribution in [0.3, 0.4) is 0 Å². The minimum Gasteiger partial charge on any atom is -0.207 e. The predicted molar refractivity (Wildman–Crippen MR) is 66.0 cm³/mol. The zero-order valence-electron chi connectivity index (χ0n) is 9.63. The smallest absolute Gasteiger partial charge is 0.124 e. The Morgan fingerprint density at radius 3 is 2.25 bits per heavy atom. The summed E-state index contributed by atoms with van der Waals surface area (Å²) in [7, 11) is 0. The van der Waals surface area contributed by atoms with Crippen LogP contribution in [0.4, 0.5) is 4.39 Å². The van der Waals surface area contributed by atoms with Crippen molar-refractivity contribution in [3.8, 4) is 11.1 Å². The van der Waals surface area contributed by atoms with Crippen LogP contribution in [0.15, 0.2) is 42.5 Å². The molecule has 0 aromatic heterocycles. The quantitative estimate of drug-likeness (QED) is 0.696. The molecule has 0 heterocycles. The maximum Gasteiger partial charge on any atom is 0.124 e. The molecule has 0 spiro atoms. The summed E-state index contributed by atoms with van der Waals surface area (Å²) in [5.41, 5.74) is 4.28. The van der Waals surface area contributed by atoms with Gasteiger partial charge in [0.25, 0.3) is 0 Å². The summed E-state index contributed by atoms with van der Waals surface area (Å²) in [6.45, 7) is 4.08. The van der Waals surface area contributed by atoms with Crippen molar-refractivity contribution < 1.29 is 4.39 Å². The second-order valence-electron chi connectivity index (χ2n) is 4.07. The van der Waals surface area contributed by atoms with E-state index in [9.17, 15) is 4.39 Å². The van der Waals surface area contributed by atoms with E-state index in [1.807, 2.05) is 44.2 Å². The predicted octanol–water partition coefficient (Wildman–Crippen LogP) is 4.36. The van der Waals surface area contributed by atoms with Crippen LogP contribution in [0.1, 0.15) is 18.1 Å². The van der Waals surface area contributed by atoms with Gasteiger partial charge in [0.05, 0.1) is 0 Å². The van der Waals surface area contributed by atoms with E-state index in [4.69, 9.17) is 0 Å². The third kappa shape index (κ3) is 2.30. The lowest BCUT2D eigenvalue weighted by molar-refractivity contribution is 0.626. The lowest BCUT2D eigenvalue weighted by atomic mass is 10.0. The molecular weight excluding hydrogens is 199 g/mol. The summed E-state index contributed by atoms with van der Waals surface area (Å²) < 4.78 is 13.4. The fourth-order valence-corrected chi connectivity index (χ4v) is 1.77. The molecule has 2 rings (SSSR count). The van der Waals surface area contributed by atoms with Gasteiger partial charge in [-0.2, -0.15) is 0 Å². The van der Waals surface area contributed by atoms with Gasteiger partial charge in [0.15, 0.2) is 0 Å². The SMILES string of the molecule is CCc1cc(F)cc(-c2ccc(C)cc2)c1. The first-order valence-electron chi connectivity index (χ1n) is 5.55. The van der Waals surface area contributed by atoms with Gasteiger partial charge in [0.2, 0.25) is 0 Å². The Hall–Kier alpha value is -1.63. The molecule has 0 aliphatic carbocycles. The minimum atomic E-state index is -0.157. The fourth-order valence-electron chi connectivity index (χ4n) is 1.77. The number of hydrogen-bond donors (Lipinski definition) is 0. The molecule has 0 atom stereocenters. The van der Waals surface area contributed by atoms with Crippen molar-refractivity contribution in [2.45, 2.75) is 20.3 Å². The first-order chi connectivity index (χ1) is 7.69. The zero-order chi connectivity index (χ0) is 11.5. The summed E-state index contributed by atoms with van der Waals surface area (Å²) >= 11 is 0. The van der Waals surface area contributed by atoms with Crippen LogP contribution in [-0.2, 0) is 6.42 Å². The summed E-state index contributed by atoms with van der Waals surface area (Å²) in [5.74, 6) is -0.157. The number of aryl methyl sites for hydroxylation is 2. The van der Waals surface area contributed by atoms with Crippen LogP contribution in [0, 0.1) is 12.7 Å². The number of rotatable bonds is 2. The van der Waals surface area contributed by atoms with E-state index in [1.165, 1.54) is 5.56 Å². The standard InChI is InChI=1S/C15H15F/c1-3-12-8-14(10-15(16)9-12)13-6-4-11(2)5-7-13/h4-10H,3H2,1-2H3. The van der Waals surface area contributed by atoms with Crippen molar-refractivity contribution in [1.29, 1.82) is 0 Å². The number of hydrogen-bond acceptors (Lipinski definition) is 0. The van der Waals surface area contributed by atoms with Crippen molar-refractivity contribution in [3.05, 3.63) is 59.4 Å². The van der Waals surface area contributed by atoms with E-state index in [0.717, 1.165) is 23.1 Å². The number of halogens is 1. The van der Waals surface area contributed by atoms with Crippen LogP contribution in [0.5, 0.6) is 0 Å². The molecule has 0 unspecified atom stereocenters. The Kier molecular flexibility index (Phi) is 3.04. The Balaban J connectivity index is 2.47. The molecule has 1 heteroatoms. The van der Waals surface area contributed by atoms with Gasteiger partial charge in [0, 0.05) is 0 Å². The Morgan fingerprint density at radius 1 is 0.938 bits per heavy atom. The van der Waals surface area contributed by atoms with Gasteiger partial charge in [-0.3, -0.25) is 0 Å². The monoisotopic (exact) mass is 214 g/mol. The van der Waals surface area contributed by atoms with Gasteiger partial charge in [0.1, 0.15) is 5.82 Å². The van der Waals surface area contributed by atoms with E-state index in [2.05, 4.69) is 0 Å². The Bertz CT molecular complexity index is 483. The molecule has 0 aliphatic rings. The molecule has 0 fully saturated rings. The first kappa shape index (κ1) is 10.9. The molecule has 2 aromatic rings. The second kappa shape index (κ2) is 4.48. The molecule has 0 saturated heterocycles. The Labute approximate surface area is 95.7 Å². The molecule has 82 valence electrons. The van der Waals surface area contributed by atoms with Gasteiger partial charge in [-0.05, 0) is 42.2 Å². The maximum atomic E-state index is 13.4. The zero-order valence-corrected chi connectivity index (χ0v) is 9.63. The molecule has 0 saturated carbocycles. The molecule has 0 nitrogen and oxygen atoms in total. The third-order valence-corrected chi connectivity index (χ3v) is 2.75. The lowest BCUT2D eigenvalue weighted by Gasteiger charge is -2.05. The highest BCUT2D eigenvalue weighted by Gasteiger charge is 2.02. The summed E-state index contributed by atoms with van der Waals surface area (Å²) in [6, 6.07) is 13.4. The van der Waals surface area contributed by atoms with Crippen molar-refractivity contribution in [2.24, 2.45) is 0 Å². The highest BCUT2D eigenvalue weighted by atomic mass is 19.1. The topological polar surface area (TPSA) is 0 Å². The van der Waals surface area contributed by atoms with Gasteiger partial charge in [-0.15, -0.1) is 0 Å². The minimum absolute atomic E-state index is 0.157. The van der Waals surface area contributed by atoms with Crippen molar-refractivity contribution in [3.63, 3.8) is 0 Å². The van der Waals surface area contributed by atoms with Crippen LogP contribution in [0.2, 0.25) is 0 Å². The molecule has 2 aromatic carbocycles. The Morgan fingerprint density at radius 2 is 1.62 bits per heavy atom. The third-order valence-electron chi connectivity index (χ3n) is 2.75. The molecule has 16 heavy (non-hydrogen) atoms. The van der Waals surface area contributed by atoms with Gasteiger partial charge in [-0.25, -0.2) is 4.39 Å². The van der Waals surface area contributed by atoms with E-state index in [1.54, 1.807) is 12.1 Å². The van der Waals surface area contributed by atoms with E-state index in [-0.39, 0.29) is 5.82 Å². The van der Waals surface area contributed by atoms with Gasteiger partial charge >= 0.3 is 0 Å². The molecule has 0 bridgehead atoms. The molecular formula is C15H15F. The van der Waals surface area contributed by atoms with Crippen LogP contribution in [-0.4, -0.2) is 0 Å². The largest absolute Gasteiger partial charge is 0.207 e. The highest BCUT2D eigenvalue weighted by Crippen LogP contribution is 2.22. The molecule has 0 amide bonds. The summed E-state index contributed by atoms with van der Waals surface area (Å²) in [4.78, 5) is 0. The molecule has 0 radical (unpaired) electrons. The van der Waals surface area contributed by atoms with Crippen LogP contribution < -0.4 is 0 Å². The maximum absolute atomic E-state index is 13.4. The van der Waals surface area contributed by atoms with Gasteiger partial charge in [-0.1, -0.05) is 42.8 Å². The highest BCUT2D eigenvalue weighted by molar-refractivity contribution is 5.64. The average Bonchev–Trinajstić information content (AvgIpc) is 2.29. The fraction of sp³-hybridized carbons (Fsp3) is 0.200. The van der Waals surface area contributed by atoms with Crippen molar-refractivity contribution >= 4 is 0 Å². The second-order valence-corrected chi connectivity index (χ2v) is 4.07. The summed E-state index contributed by atoms with van der Waals surface area (Å²) in [5, 5.41) is 0. The van der Waals surface area contributed by atoms with E-state index < -0.39 is 0 Å². The number of benzene rings is 2. The van der Waals surface area contributed by atoms with Crippen LogP contribution in [0.25, 0.3) is 11.1 Å². The average molecular weight is 214 g/mol. The van der Waals surface area contributed by atoms with E-state index in [0.29, 0.717) is 0 Å². The van der Waals surface area contributed by atoms with Crippen LogP contribution >= 0.6 is 0 Å². The van der Waals surface area contributed by atoms with Crippen molar-refractivity contribution in [2.75, 3.05) is 0 Å². The lowest BCUT2D eigenvalue weighted by Crippen LogP contribution is -1.86. The molecule has 0 aliphatic heterocycles. The normalized spacial score (nSPS) is 10.4. The van der Waals surface area contributed by atoms with E-state index >= 15 is 0 Å². The van der Waals surface area contributed by atoms with Crippen molar-refractivity contribution in [1.82, 2.24) is 0 Å². The van der Waals surface area contributed by atoms with Gasteiger partial charge < -0.3 is 0 Å².